The molecule has 3 nitrogen and oxygen atoms in total. The molecule has 0 amide bonds. The molecule has 0 saturated heterocycles. The van der Waals surface area contributed by atoms with Crippen LogP contribution >= 0.6 is 0 Å². The maximum absolute atomic E-state index is 9.09. The van der Waals surface area contributed by atoms with E-state index in [1.165, 1.54) is 32.1 Å². The molecule has 1 saturated carbocycles. The standard InChI is InChI=1S/C12H26N2O/c1-11(10-15)9-14(8-7-13)12-5-3-2-4-6-12/h11-12,15H,2-10,13H2,1H3. The molecule has 1 fully saturated rings. The van der Waals surface area contributed by atoms with Crippen LogP contribution in [0.4, 0.5) is 0 Å². The first-order chi connectivity index (χ1) is 7.27. The Kier molecular flexibility index (Phi) is 6.22. The van der Waals surface area contributed by atoms with Crippen molar-refractivity contribution in [2.45, 2.75) is 45.1 Å². The minimum atomic E-state index is 0.286. The van der Waals surface area contributed by atoms with E-state index in [0.717, 1.165) is 25.7 Å². The zero-order chi connectivity index (χ0) is 11.1. The van der Waals surface area contributed by atoms with E-state index in [4.69, 9.17) is 10.8 Å². The molecule has 3 N–H and O–H groups in total. The van der Waals surface area contributed by atoms with E-state index in [0.29, 0.717) is 5.92 Å². The van der Waals surface area contributed by atoms with Gasteiger partial charge < -0.3 is 10.8 Å². The van der Waals surface area contributed by atoms with Crippen molar-refractivity contribution in [1.82, 2.24) is 4.90 Å². The Bertz CT molecular complexity index is 158. The molecule has 1 atom stereocenters. The number of nitrogens with zero attached hydrogens (tertiary/aromatic N) is 1. The fourth-order valence-corrected chi connectivity index (χ4v) is 2.49. The van der Waals surface area contributed by atoms with Crippen molar-refractivity contribution in [1.29, 1.82) is 0 Å². The lowest BCUT2D eigenvalue weighted by Gasteiger charge is -2.35. The maximum atomic E-state index is 9.09. The number of rotatable bonds is 6. The summed E-state index contributed by atoms with van der Waals surface area (Å²) in [6.07, 6.45) is 6.75. The number of aliphatic hydroxyl groups is 1. The molecular weight excluding hydrogens is 188 g/mol. The molecule has 90 valence electrons. The van der Waals surface area contributed by atoms with Crippen LogP contribution in [0.25, 0.3) is 0 Å². The van der Waals surface area contributed by atoms with Crippen LogP contribution in [0.5, 0.6) is 0 Å². The summed E-state index contributed by atoms with van der Waals surface area (Å²) in [6.45, 7) is 5.10. The van der Waals surface area contributed by atoms with Gasteiger partial charge in [-0.15, -0.1) is 0 Å². The SMILES string of the molecule is CC(CO)CN(CCN)C1CCCCC1. The topological polar surface area (TPSA) is 49.5 Å². The fraction of sp³-hybridized carbons (Fsp3) is 1.00. The lowest BCUT2D eigenvalue weighted by molar-refractivity contribution is 0.116. The van der Waals surface area contributed by atoms with Gasteiger partial charge in [-0.2, -0.15) is 0 Å². The second-order valence-corrected chi connectivity index (χ2v) is 4.86. The van der Waals surface area contributed by atoms with Crippen LogP contribution < -0.4 is 5.73 Å². The van der Waals surface area contributed by atoms with Gasteiger partial charge in [0.1, 0.15) is 0 Å². The number of hydrogen-bond acceptors (Lipinski definition) is 3. The molecule has 0 aromatic rings. The summed E-state index contributed by atoms with van der Waals surface area (Å²) in [4.78, 5) is 2.49. The van der Waals surface area contributed by atoms with Gasteiger partial charge in [0.25, 0.3) is 0 Å². The Balaban J connectivity index is 2.39. The molecule has 15 heavy (non-hydrogen) atoms. The molecule has 1 aliphatic rings. The number of hydrogen-bond donors (Lipinski definition) is 2. The Hall–Kier alpha value is -0.120. The molecule has 1 unspecified atom stereocenters. The van der Waals surface area contributed by atoms with Crippen LogP contribution in [0.2, 0.25) is 0 Å². The van der Waals surface area contributed by atoms with Gasteiger partial charge in [0.05, 0.1) is 0 Å². The van der Waals surface area contributed by atoms with Crippen molar-refractivity contribution >= 4 is 0 Å². The average molecular weight is 214 g/mol. The second kappa shape index (κ2) is 7.20. The predicted molar refractivity (Wildman–Crippen MR) is 63.8 cm³/mol. The van der Waals surface area contributed by atoms with Gasteiger partial charge in [0, 0.05) is 32.3 Å². The van der Waals surface area contributed by atoms with Crippen LogP contribution in [-0.2, 0) is 0 Å². The van der Waals surface area contributed by atoms with Crippen molar-refractivity contribution in [3.05, 3.63) is 0 Å². The third-order valence-corrected chi connectivity index (χ3v) is 3.37. The summed E-state index contributed by atoms with van der Waals surface area (Å²) in [7, 11) is 0. The Morgan fingerprint density at radius 1 is 1.33 bits per heavy atom. The molecule has 0 heterocycles. The first-order valence-corrected chi connectivity index (χ1v) is 6.33. The zero-order valence-electron chi connectivity index (χ0n) is 9.99. The number of aliphatic hydroxyl groups excluding tert-OH is 1. The quantitative estimate of drug-likeness (QED) is 0.698. The van der Waals surface area contributed by atoms with E-state index in [1.807, 2.05) is 0 Å². The van der Waals surface area contributed by atoms with E-state index in [1.54, 1.807) is 0 Å². The zero-order valence-corrected chi connectivity index (χ0v) is 9.99. The third kappa shape index (κ3) is 4.49. The number of nitrogens with two attached hydrogens (primary N) is 1. The molecule has 0 radical (unpaired) electrons. The minimum absolute atomic E-state index is 0.286. The van der Waals surface area contributed by atoms with Gasteiger partial charge in [0.2, 0.25) is 0 Å². The summed E-state index contributed by atoms with van der Waals surface area (Å²) in [5.41, 5.74) is 5.65. The Labute approximate surface area is 93.6 Å². The predicted octanol–water partition coefficient (Wildman–Crippen LogP) is 1.21. The van der Waals surface area contributed by atoms with Crippen LogP contribution in [0.3, 0.4) is 0 Å². The molecule has 0 aromatic carbocycles. The lowest BCUT2D eigenvalue weighted by atomic mass is 9.93. The van der Waals surface area contributed by atoms with Gasteiger partial charge in [-0.05, 0) is 18.8 Å². The van der Waals surface area contributed by atoms with Crippen LogP contribution in [0.15, 0.2) is 0 Å². The molecule has 0 aliphatic heterocycles. The van der Waals surface area contributed by atoms with Crippen LogP contribution in [0.1, 0.15) is 39.0 Å². The largest absolute Gasteiger partial charge is 0.396 e. The average Bonchev–Trinajstić information content (AvgIpc) is 2.29. The second-order valence-electron chi connectivity index (χ2n) is 4.86. The van der Waals surface area contributed by atoms with E-state index >= 15 is 0 Å². The molecule has 0 spiro atoms. The molecule has 1 rings (SSSR count). The summed E-state index contributed by atoms with van der Waals surface area (Å²) < 4.78 is 0. The van der Waals surface area contributed by atoms with Gasteiger partial charge in [0.15, 0.2) is 0 Å². The Morgan fingerprint density at radius 2 is 2.00 bits per heavy atom. The van der Waals surface area contributed by atoms with Gasteiger partial charge in [-0.1, -0.05) is 26.2 Å². The van der Waals surface area contributed by atoms with Crippen molar-refractivity contribution in [3.8, 4) is 0 Å². The highest BCUT2D eigenvalue weighted by Gasteiger charge is 2.21. The molecular formula is C12H26N2O. The highest BCUT2D eigenvalue weighted by Crippen LogP contribution is 2.22. The lowest BCUT2D eigenvalue weighted by Crippen LogP contribution is -2.42. The van der Waals surface area contributed by atoms with Crippen LogP contribution in [-0.4, -0.2) is 42.3 Å². The van der Waals surface area contributed by atoms with E-state index in [9.17, 15) is 0 Å². The van der Waals surface area contributed by atoms with Crippen LogP contribution in [0, 0.1) is 5.92 Å². The van der Waals surface area contributed by atoms with Gasteiger partial charge in [-0.3, -0.25) is 4.90 Å². The maximum Gasteiger partial charge on any atom is 0.0468 e. The smallest absolute Gasteiger partial charge is 0.0468 e. The molecule has 0 aromatic heterocycles. The molecule has 0 bridgehead atoms. The summed E-state index contributed by atoms with van der Waals surface area (Å²) in [5.74, 6) is 0.374. The normalized spacial score (nSPS) is 20.8. The summed E-state index contributed by atoms with van der Waals surface area (Å²) in [5, 5.41) is 9.09. The highest BCUT2D eigenvalue weighted by atomic mass is 16.3. The van der Waals surface area contributed by atoms with Crippen molar-refractivity contribution in [2.24, 2.45) is 11.7 Å². The highest BCUT2D eigenvalue weighted by molar-refractivity contribution is 4.77. The van der Waals surface area contributed by atoms with Gasteiger partial charge in [-0.25, -0.2) is 0 Å². The van der Waals surface area contributed by atoms with Crippen molar-refractivity contribution in [3.63, 3.8) is 0 Å². The fourth-order valence-electron chi connectivity index (χ4n) is 2.49. The Morgan fingerprint density at radius 3 is 2.53 bits per heavy atom. The van der Waals surface area contributed by atoms with Gasteiger partial charge >= 0.3 is 0 Å². The van der Waals surface area contributed by atoms with Crippen molar-refractivity contribution in [2.75, 3.05) is 26.2 Å². The summed E-state index contributed by atoms with van der Waals surface area (Å²) in [6, 6.07) is 0.719. The molecule has 3 heteroatoms. The monoisotopic (exact) mass is 214 g/mol. The summed E-state index contributed by atoms with van der Waals surface area (Å²) >= 11 is 0. The van der Waals surface area contributed by atoms with E-state index in [2.05, 4.69) is 11.8 Å². The molecule has 1 aliphatic carbocycles. The first-order valence-electron chi connectivity index (χ1n) is 6.33. The third-order valence-electron chi connectivity index (χ3n) is 3.37. The van der Waals surface area contributed by atoms with Crippen molar-refractivity contribution < 1.29 is 5.11 Å². The van der Waals surface area contributed by atoms with E-state index in [-0.39, 0.29) is 6.61 Å². The minimum Gasteiger partial charge on any atom is -0.396 e. The van der Waals surface area contributed by atoms with E-state index < -0.39 is 0 Å². The first kappa shape index (κ1) is 12.9.